The molecule has 0 aromatic heterocycles. The molecule has 0 aliphatic carbocycles. The highest BCUT2D eigenvalue weighted by atomic mass is 32.1. The van der Waals surface area contributed by atoms with Crippen molar-refractivity contribution in [1.29, 1.82) is 0 Å². The molecule has 126 valence electrons. The van der Waals surface area contributed by atoms with E-state index in [1.807, 2.05) is 0 Å². The fourth-order valence-electron chi connectivity index (χ4n) is 2.49. The van der Waals surface area contributed by atoms with Crippen molar-refractivity contribution < 1.29 is 9.31 Å². The average molecular weight is 332 g/mol. The van der Waals surface area contributed by atoms with Gasteiger partial charge in [0.2, 0.25) is 0 Å². The number of hydrogen-bond donors (Lipinski definition) is 1. The maximum Gasteiger partial charge on any atom is 0.491 e. The molecule has 0 spiro atoms. The molecule has 4 heteroatoms. The highest BCUT2D eigenvalue weighted by Gasteiger charge is 2.52. The van der Waals surface area contributed by atoms with Crippen LogP contribution in [0.25, 0.3) is 6.08 Å². The molecule has 1 aromatic rings. The summed E-state index contributed by atoms with van der Waals surface area (Å²) in [5.74, 6) is 0.608. The van der Waals surface area contributed by atoms with Crippen LogP contribution in [0.1, 0.15) is 59.6 Å². The van der Waals surface area contributed by atoms with Gasteiger partial charge in [-0.3, -0.25) is 0 Å². The summed E-state index contributed by atoms with van der Waals surface area (Å²) < 4.78 is 12.3. The Kier molecular flexibility index (Phi) is 5.11. The Morgan fingerprint density at radius 3 is 2.17 bits per heavy atom. The SMILES string of the molecule is CC(C)(C)c1cccc(C=C(CS)B2OC(C)(C)C(C)(C)O2)c1. The van der Waals surface area contributed by atoms with Crippen LogP contribution in [0.4, 0.5) is 0 Å². The molecule has 0 N–H and O–H groups in total. The van der Waals surface area contributed by atoms with Crippen LogP contribution in [0.5, 0.6) is 0 Å². The first kappa shape index (κ1) is 18.6. The van der Waals surface area contributed by atoms with Crippen LogP contribution in [0.3, 0.4) is 0 Å². The molecule has 0 unspecified atom stereocenters. The van der Waals surface area contributed by atoms with E-state index in [0.29, 0.717) is 5.75 Å². The molecule has 1 fully saturated rings. The maximum absolute atomic E-state index is 6.15. The fourth-order valence-corrected chi connectivity index (χ4v) is 2.73. The van der Waals surface area contributed by atoms with E-state index < -0.39 is 0 Å². The fraction of sp³-hybridized carbons (Fsp3) is 0.579. The first-order chi connectivity index (χ1) is 10.5. The molecule has 2 nitrogen and oxygen atoms in total. The molecular formula is C19H29BO2S. The third-order valence-electron chi connectivity index (χ3n) is 4.84. The summed E-state index contributed by atoms with van der Waals surface area (Å²) in [7, 11) is -0.337. The topological polar surface area (TPSA) is 18.5 Å². The molecule has 23 heavy (non-hydrogen) atoms. The van der Waals surface area contributed by atoms with Gasteiger partial charge in [-0.15, -0.1) is 0 Å². The highest BCUT2D eigenvalue weighted by Crippen LogP contribution is 2.39. The third-order valence-corrected chi connectivity index (χ3v) is 5.21. The molecule has 1 saturated heterocycles. The van der Waals surface area contributed by atoms with Crippen LogP contribution in [0.15, 0.2) is 29.7 Å². The van der Waals surface area contributed by atoms with Crippen molar-refractivity contribution in [2.24, 2.45) is 0 Å². The number of benzene rings is 1. The largest absolute Gasteiger partial charge is 0.491 e. The first-order valence-corrected chi connectivity index (χ1v) is 8.87. The quantitative estimate of drug-likeness (QED) is 0.625. The van der Waals surface area contributed by atoms with Crippen LogP contribution in [-0.4, -0.2) is 24.1 Å². The van der Waals surface area contributed by atoms with Crippen molar-refractivity contribution in [3.8, 4) is 0 Å². The van der Waals surface area contributed by atoms with Gasteiger partial charge in [-0.2, -0.15) is 12.6 Å². The Morgan fingerprint density at radius 2 is 1.70 bits per heavy atom. The lowest BCUT2D eigenvalue weighted by Gasteiger charge is -2.32. The lowest BCUT2D eigenvalue weighted by molar-refractivity contribution is 0.00578. The summed E-state index contributed by atoms with van der Waals surface area (Å²) in [5, 5.41) is 0. The first-order valence-electron chi connectivity index (χ1n) is 8.24. The van der Waals surface area contributed by atoms with Crippen molar-refractivity contribution in [1.82, 2.24) is 0 Å². The Labute approximate surface area is 147 Å². The summed E-state index contributed by atoms with van der Waals surface area (Å²) in [6.45, 7) is 15.0. The monoisotopic (exact) mass is 332 g/mol. The second-order valence-corrected chi connectivity index (χ2v) is 8.66. The number of thiol groups is 1. The van der Waals surface area contributed by atoms with Crippen LogP contribution >= 0.6 is 12.6 Å². The van der Waals surface area contributed by atoms with Gasteiger partial charge in [-0.1, -0.05) is 51.1 Å². The molecule has 0 amide bonds. The van der Waals surface area contributed by atoms with E-state index in [4.69, 9.17) is 9.31 Å². The number of hydrogen-bond acceptors (Lipinski definition) is 3. The van der Waals surface area contributed by atoms with Gasteiger partial charge in [-0.25, -0.2) is 0 Å². The lowest BCUT2D eigenvalue weighted by atomic mass is 9.78. The predicted octanol–water partition coefficient (Wildman–Crippen LogP) is 4.93. The molecule has 0 atom stereocenters. The van der Waals surface area contributed by atoms with Gasteiger partial charge >= 0.3 is 7.12 Å². The zero-order chi connectivity index (χ0) is 17.5. The minimum Gasteiger partial charge on any atom is -0.400 e. The summed E-state index contributed by atoms with van der Waals surface area (Å²) in [4.78, 5) is 0. The van der Waals surface area contributed by atoms with E-state index in [2.05, 4.69) is 91.4 Å². The zero-order valence-electron chi connectivity index (χ0n) is 15.4. The normalized spacial score (nSPS) is 20.9. The van der Waals surface area contributed by atoms with Crippen LogP contribution in [-0.2, 0) is 14.7 Å². The van der Waals surface area contributed by atoms with Crippen LogP contribution < -0.4 is 0 Å². The second kappa shape index (κ2) is 6.31. The Bertz CT molecular complexity index is 584. The minimum atomic E-state index is -0.337. The Balaban J connectivity index is 2.31. The van der Waals surface area contributed by atoms with E-state index in [0.717, 1.165) is 11.0 Å². The molecule has 0 bridgehead atoms. The van der Waals surface area contributed by atoms with Crippen LogP contribution in [0, 0.1) is 0 Å². The van der Waals surface area contributed by atoms with Crippen LogP contribution in [0.2, 0.25) is 0 Å². The summed E-state index contributed by atoms with van der Waals surface area (Å²) in [6.07, 6.45) is 2.14. The van der Waals surface area contributed by atoms with Gasteiger partial charge in [-0.05, 0) is 49.7 Å². The standard InChI is InChI=1S/C19H29BO2S/c1-17(2,3)15-10-8-9-14(11-15)12-16(13-23)20-21-18(4,5)19(6,7)22-20/h8-12,23H,13H2,1-7H3. The molecule has 1 aliphatic rings. The minimum absolute atomic E-state index is 0.134. The van der Waals surface area contributed by atoms with Crippen molar-refractivity contribution >= 4 is 25.8 Å². The summed E-state index contributed by atoms with van der Waals surface area (Å²) in [5.41, 5.74) is 3.02. The van der Waals surface area contributed by atoms with Crippen molar-refractivity contribution in [3.05, 3.63) is 40.9 Å². The van der Waals surface area contributed by atoms with Crippen molar-refractivity contribution in [2.45, 2.75) is 65.1 Å². The Hall–Kier alpha value is -0.705. The molecule has 1 heterocycles. The maximum atomic E-state index is 6.15. The molecule has 0 radical (unpaired) electrons. The third kappa shape index (κ3) is 4.04. The lowest BCUT2D eigenvalue weighted by Crippen LogP contribution is -2.41. The predicted molar refractivity (Wildman–Crippen MR) is 103 cm³/mol. The Morgan fingerprint density at radius 1 is 1.13 bits per heavy atom. The smallest absolute Gasteiger partial charge is 0.400 e. The van der Waals surface area contributed by atoms with Crippen molar-refractivity contribution in [2.75, 3.05) is 5.75 Å². The highest BCUT2D eigenvalue weighted by molar-refractivity contribution is 7.80. The molecule has 2 rings (SSSR count). The van der Waals surface area contributed by atoms with E-state index in [-0.39, 0.29) is 23.7 Å². The number of rotatable bonds is 3. The summed E-state index contributed by atoms with van der Waals surface area (Å²) in [6, 6.07) is 8.62. The molecule has 1 aliphatic heterocycles. The molecule has 0 saturated carbocycles. The van der Waals surface area contributed by atoms with Gasteiger partial charge < -0.3 is 9.31 Å². The molecular weight excluding hydrogens is 303 g/mol. The van der Waals surface area contributed by atoms with Crippen molar-refractivity contribution in [3.63, 3.8) is 0 Å². The summed E-state index contributed by atoms with van der Waals surface area (Å²) >= 11 is 4.49. The molecule has 1 aromatic carbocycles. The van der Waals surface area contributed by atoms with Gasteiger partial charge in [0.15, 0.2) is 0 Å². The van der Waals surface area contributed by atoms with E-state index in [1.54, 1.807) is 0 Å². The average Bonchev–Trinajstić information content (AvgIpc) is 2.64. The second-order valence-electron chi connectivity index (χ2n) is 8.34. The van der Waals surface area contributed by atoms with E-state index >= 15 is 0 Å². The van der Waals surface area contributed by atoms with Gasteiger partial charge in [0.05, 0.1) is 11.2 Å². The van der Waals surface area contributed by atoms with Gasteiger partial charge in [0, 0.05) is 5.75 Å². The van der Waals surface area contributed by atoms with E-state index in [9.17, 15) is 0 Å². The van der Waals surface area contributed by atoms with Gasteiger partial charge in [0.1, 0.15) is 0 Å². The van der Waals surface area contributed by atoms with E-state index in [1.165, 1.54) is 5.56 Å². The zero-order valence-corrected chi connectivity index (χ0v) is 16.3. The van der Waals surface area contributed by atoms with Gasteiger partial charge in [0.25, 0.3) is 0 Å².